The number of carbonyl (C=O) groups is 1. The maximum atomic E-state index is 13.0. The first-order valence-electron chi connectivity index (χ1n) is 10.3. The molecule has 0 spiro atoms. The zero-order chi connectivity index (χ0) is 23.4. The molecule has 1 fully saturated rings. The van der Waals surface area contributed by atoms with Crippen molar-refractivity contribution in [3.05, 3.63) is 88.7 Å². The summed E-state index contributed by atoms with van der Waals surface area (Å²) in [6.45, 7) is 2.10. The largest absolute Gasteiger partial charge is 0.489 e. The number of alkyl halides is 3. The van der Waals surface area contributed by atoms with E-state index in [0.717, 1.165) is 17.7 Å². The second-order valence-electron chi connectivity index (χ2n) is 7.63. The van der Waals surface area contributed by atoms with E-state index in [9.17, 15) is 18.0 Å². The lowest BCUT2D eigenvalue weighted by Gasteiger charge is -2.36. The molecule has 172 valence electrons. The molecule has 0 aliphatic carbocycles. The predicted molar refractivity (Wildman–Crippen MR) is 120 cm³/mol. The molecule has 3 aromatic rings. The first kappa shape index (κ1) is 22.9. The van der Waals surface area contributed by atoms with Crippen LogP contribution >= 0.6 is 11.6 Å². The van der Waals surface area contributed by atoms with Gasteiger partial charge in [0.05, 0.1) is 5.56 Å². The summed E-state index contributed by atoms with van der Waals surface area (Å²) in [7, 11) is 0. The van der Waals surface area contributed by atoms with E-state index < -0.39 is 11.7 Å². The van der Waals surface area contributed by atoms with Crippen LogP contribution in [0.5, 0.6) is 5.75 Å². The molecule has 1 aliphatic heterocycles. The van der Waals surface area contributed by atoms with Crippen molar-refractivity contribution in [2.24, 2.45) is 0 Å². The van der Waals surface area contributed by atoms with E-state index in [1.807, 2.05) is 11.0 Å². The van der Waals surface area contributed by atoms with Crippen LogP contribution in [0.25, 0.3) is 0 Å². The van der Waals surface area contributed by atoms with Crippen molar-refractivity contribution >= 4 is 23.2 Å². The third-order valence-electron chi connectivity index (χ3n) is 5.40. The average molecular weight is 476 g/mol. The fraction of sp³-hybridized carbons (Fsp3) is 0.250. The number of rotatable bonds is 5. The molecule has 4 rings (SSSR count). The Morgan fingerprint density at radius 3 is 2.39 bits per heavy atom. The minimum atomic E-state index is -4.38. The predicted octanol–water partition coefficient (Wildman–Crippen LogP) is 5.30. The van der Waals surface area contributed by atoms with Gasteiger partial charge in [-0.2, -0.15) is 13.2 Å². The van der Waals surface area contributed by atoms with Crippen LogP contribution in [0, 0.1) is 0 Å². The van der Waals surface area contributed by atoms with Crippen molar-refractivity contribution in [3.63, 3.8) is 0 Å². The number of hydrogen-bond donors (Lipinski definition) is 0. The number of ether oxygens (including phenoxy) is 1. The van der Waals surface area contributed by atoms with Crippen LogP contribution < -0.4 is 9.64 Å². The molecule has 0 radical (unpaired) electrons. The average Bonchev–Trinajstić information content (AvgIpc) is 2.82. The summed E-state index contributed by atoms with van der Waals surface area (Å²) in [5.41, 5.74) is 1.25. The fourth-order valence-electron chi connectivity index (χ4n) is 3.62. The van der Waals surface area contributed by atoms with Gasteiger partial charge in [-0.3, -0.25) is 4.79 Å². The summed E-state index contributed by atoms with van der Waals surface area (Å²) < 4.78 is 44.7. The summed E-state index contributed by atoms with van der Waals surface area (Å²) in [5, 5.41) is 0.394. The first-order chi connectivity index (χ1) is 15.8. The molecule has 0 bridgehead atoms. The SMILES string of the molecule is O=C(c1ccc(OCc2ccnc(Cl)c2)cc1)N1CCN(c2cccc(C(F)(F)F)c2)CC1. The zero-order valence-corrected chi connectivity index (χ0v) is 18.3. The molecule has 33 heavy (non-hydrogen) atoms. The molecule has 0 atom stereocenters. The van der Waals surface area contributed by atoms with Gasteiger partial charge < -0.3 is 14.5 Å². The minimum Gasteiger partial charge on any atom is -0.489 e. The van der Waals surface area contributed by atoms with Crippen LogP contribution in [0.3, 0.4) is 0 Å². The Bertz CT molecular complexity index is 1110. The lowest BCUT2D eigenvalue weighted by molar-refractivity contribution is -0.137. The van der Waals surface area contributed by atoms with Gasteiger partial charge in [0.2, 0.25) is 0 Å². The van der Waals surface area contributed by atoms with Gasteiger partial charge in [0.15, 0.2) is 0 Å². The second kappa shape index (κ2) is 9.70. The highest BCUT2D eigenvalue weighted by molar-refractivity contribution is 6.29. The van der Waals surface area contributed by atoms with Crippen LogP contribution in [0.4, 0.5) is 18.9 Å². The topological polar surface area (TPSA) is 45.7 Å². The number of halogens is 4. The Balaban J connectivity index is 1.32. The van der Waals surface area contributed by atoms with E-state index in [1.54, 1.807) is 47.5 Å². The molecular weight excluding hydrogens is 455 g/mol. The third kappa shape index (κ3) is 5.76. The number of hydrogen-bond acceptors (Lipinski definition) is 4. The van der Waals surface area contributed by atoms with Crippen LogP contribution in [0.2, 0.25) is 5.15 Å². The quantitative estimate of drug-likeness (QED) is 0.470. The molecule has 0 saturated carbocycles. The maximum Gasteiger partial charge on any atom is 0.416 e. The maximum absolute atomic E-state index is 13.0. The van der Waals surface area contributed by atoms with Gasteiger partial charge in [-0.15, -0.1) is 0 Å². The van der Waals surface area contributed by atoms with Crippen LogP contribution in [0.1, 0.15) is 21.5 Å². The molecule has 2 heterocycles. The van der Waals surface area contributed by atoms with Gasteiger partial charge in [0.1, 0.15) is 17.5 Å². The Hall–Kier alpha value is -3.26. The molecule has 0 unspecified atom stereocenters. The molecule has 2 aromatic carbocycles. The number of anilines is 1. The Morgan fingerprint density at radius 2 is 1.73 bits per heavy atom. The summed E-state index contributed by atoms with van der Waals surface area (Å²) >= 11 is 5.87. The molecule has 1 aromatic heterocycles. The van der Waals surface area contributed by atoms with Crippen LogP contribution in [-0.4, -0.2) is 42.0 Å². The van der Waals surface area contributed by atoms with Crippen molar-refractivity contribution in [2.75, 3.05) is 31.1 Å². The summed E-state index contributed by atoms with van der Waals surface area (Å²) in [4.78, 5) is 20.3. The van der Waals surface area contributed by atoms with Gasteiger partial charge >= 0.3 is 6.18 Å². The highest BCUT2D eigenvalue weighted by atomic mass is 35.5. The highest BCUT2D eigenvalue weighted by Crippen LogP contribution is 2.32. The lowest BCUT2D eigenvalue weighted by atomic mass is 10.1. The van der Waals surface area contributed by atoms with Crippen molar-refractivity contribution in [3.8, 4) is 5.75 Å². The normalized spacial score (nSPS) is 14.3. The number of pyridine rings is 1. The molecule has 0 N–H and O–H groups in total. The number of piperazine rings is 1. The van der Waals surface area contributed by atoms with Crippen molar-refractivity contribution in [1.29, 1.82) is 0 Å². The van der Waals surface area contributed by atoms with Gasteiger partial charge in [0, 0.05) is 43.6 Å². The van der Waals surface area contributed by atoms with E-state index in [2.05, 4.69) is 4.98 Å². The molecule has 1 amide bonds. The van der Waals surface area contributed by atoms with Crippen LogP contribution in [-0.2, 0) is 12.8 Å². The van der Waals surface area contributed by atoms with Gasteiger partial charge in [-0.1, -0.05) is 17.7 Å². The van der Waals surface area contributed by atoms with Crippen molar-refractivity contribution < 1.29 is 22.7 Å². The summed E-state index contributed by atoms with van der Waals surface area (Å²) in [6, 6.07) is 15.7. The molecule has 5 nitrogen and oxygen atoms in total. The van der Waals surface area contributed by atoms with Crippen molar-refractivity contribution in [1.82, 2.24) is 9.88 Å². The number of aromatic nitrogens is 1. The highest BCUT2D eigenvalue weighted by Gasteiger charge is 2.31. The van der Waals surface area contributed by atoms with Crippen molar-refractivity contribution in [2.45, 2.75) is 12.8 Å². The molecular formula is C24H21ClF3N3O2. The number of nitrogens with zero attached hydrogens (tertiary/aromatic N) is 3. The molecule has 1 aliphatic rings. The summed E-state index contributed by atoms with van der Waals surface area (Å²) in [5.74, 6) is 0.500. The second-order valence-corrected chi connectivity index (χ2v) is 8.01. The lowest BCUT2D eigenvalue weighted by Crippen LogP contribution is -2.48. The van der Waals surface area contributed by atoms with E-state index in [0.29, 0.717) is 54.9 Å². The monoisotopic (exact) mass is 475 g/mol. The van der Waals surface area contributed by atoms with Gasteiger partial charge in [-0.25, -0.2) is 4.98 Å². The fourth-order valence-corrected chi connectivity index (χ4v) is 3.82. The van der Waals surface area contributed by atoms with Gasteiger partial charge in [0.25, 0.3) is 5.91 Å². The minimum absolute atomic E-state index is 0.119. The smallest absolute Gasteiger partial charge is 0.416 e. The van der Waals surface area contributed by atoms with E-state index in [-0.39, 0.29) is 5.91 Å². The number of benzene rings is 2. The first-order valence-corrected chi connectivity index (χ1v) is 10.7. The van der Waals surface area contributed by atoms with E-state index in [1.165, 1.54) is 6.07 Å². The molecule has 9 heteroatoms. The number of carbonyl (C=O) groups excluding carboxylic acids is 1. The number of amides is 1. The standard InChI is InChI=1S/C24H21ClF3N3O2/c25-22-14-17(8-9-29-22)16-33-21-6-4-18(5-7-21)23(32)31-12-10-30(11-13-31)20-3-1-2-19(15-20)24(26,27)28/h1-9,14-15H,10-13,16H2. The Kier molecular flexibility index (Phi) is 6.74. The molecule has 1 saturated heterocycles. The van der Waals surface area contributed by atoms with Gasteiger partial charge in [-0.05, 0) is 60.2 Å². The third-order valence-corrected chi connectivity index (χ3v) is 5.61. The van der Waals surface area contributed by atoms with E-state index in [4.69, 9.17) is 16.3 Å². The Morgan fingerprint density at radius 1 is 1.00 bits per heavy atom. The Labute approximate surface area is 194 Å². The van der Waals surface area contributed by atoms with E-state index >= 15 is 0 Å². The zero-order valence-electron chi connectivity index (χ0n) is 17.6. The van der Waals surface area contributed by atoms with Crippen LogP contribution in [0.15, 0.2) is 66.9 Å². The summed E-state index contributed by atoms with van der Waals surface area (Å²) in [6.07, 6.45) is -2.77.